The van der Waals surface area contributed by atoms with E-state index in [1.54, 1.807) is 0 Å². The molecule has 4 nitrogen and oxygen atoms in total. The minimum Gasteiger partial charge on any atom is -0.382 e. The Balaban J connectivity index is 2.32. The van der Waals surface area contributed by atoms with Gasteiger partial charge in [0.2, 0.25) is 0 Å². The summed E-state index contributed by atoms with van der Waals surface area (Å²) in [5.74, 6) is 1.78. The average Bonchev–Trinajstić information content (AvgIpc) is 2.27. The first kappa shape index (κ1) is 11.5. The van der Waals surface area contributed by atoms with Gasteiger partial charge in [0, 0.05) is 12.6 Å². The van der Waals surface area contributed by atoms with Crippen LogP contribution in [-0.2, 0) is 0 Å². The van der Waals surface area contributed by atoms with Gasteiger partial charge in [-0.3, -0.25) is 0 Å². The van der Waals surface area contributed by atoms with Crippen LogP contribution >= 0.6 is 11.6 Å². The molecule has 1 aromatic heterocycles. The first-order valence-corrected chi connectivity index (χ1v) is 6.01. The number of hydrogen-bond donors (Lipinski definition) is 1. The van der Waals surface area contributed by atoms with Gasteiger partial charge in [0.1, 0.15) is 17.2 Å². The van der Waals surface area contributed by atoms with E-state index in [9.17, 15) is 0 Å². The molecule has 1 saturated heterocycles. The van der Waals surface area contributed by atoms with Crippen LogP contribution in [0, 0.1) is 5.92 Å². The molecule has 2 unspecified atom stereocenters. The largest absolute Gasteiger partial charge is 0.382 e. The molecule has 2 rings (SSSR count). The van der Waals surface area contributed by atoms with Crippen molar-refractivity contribution in [2.75, 3.05) is 17.2 Å². The number of halogens is 1. The van der Waals surface area contributed by atoms with Gasteiger partial charge in [0.05, 0.1) is 0 Å². The van der Waals surface area contributed by atoms with Gasteiger partial charge in [0.15, 0.2) is 5.82 Å². The van der Waals surface area contributed by atoms with Crippen LogP contribution in [0.5, 0.6) is 0 Å². The normalized spacial score (nSPS) is 25.8. The number of hydrogen-bond acceptors (Lipinski definition) is 4. The molecule has 0 aromatic carbocycles. The van der Waals surface area contributed by atoms with Gasteiger partial charge in [-0.25, -0.2) is 9.97 Å². The summed E-state index contributed by atoms with van der Waals surface area (Å²) in [6.45, 7) is 5.45. The lowest BCUT2D eigenvalue weighted by Crippen LogP contribution is -2.43. The molecule has 2 atom stereocenters. The minimum atomic E-state index is 0.358. The van der Waals surface area contributed by atoms with E-state index in [2.05, 4.69) is 28.7 Å². The average molecular weight is 241 g/mol. The zero-order valence-electron chi connectivity index (χ0n) is 9.65. The molecule has 0 spiro atoms. The molecule has 0 amide bonds. The number of nitrogen functional groups attached to an aromatic ring is 1. The molecule has 0 bridgehead atoms. The zero-order valence-corrected chi connectivity index (χ0v) is 10.4. The molecular weight excluding hydrogens is 224 g/mol. The molecule has 0 radical (unpaired) electrons. The Morgan fingerprint density at radius 3 is 2.94 bits per heavy atom. The van der Waals surface area contributed by atoms with Crippen molar-refractivity contribution < 1.29 is 0 Å². The van der Waals surface area contributed by atoms with Gasteiger partial charge in [-0.05, 0) is 25.7 Å². The number of anilines is 2. The van der Waals surface area contributed by atoms with Crippen molar-refractivity contribution in [3.05, 3.63) is 11.3 Å². The highest BCUT2D eigenvalue weighted by Crippen LogP contribution is 2.33. The van der Waals surface area contributed by atoms with E-state index in [-0.39, 0.29) is 0 Å². The Bertz CT molecular complexity index is 382. The van der Waals surface area contributed by atoms with Gasteiger partial charge >= 0.3 is 0 Å². The number of nitrogens with two attached hydrogens (primary N) is 1. The first-order chi connectivity index (χ1) is 7.61. The monoisotopic (exact) mass is 240 g/mol. The second-order valence-corrected chi connectivity index (χ2v) is 4.83. The van der Waals surface area contributed by atoms with E-state index in [1.165, 1.54) is 19.2 Å². The Hall–Kier alpha value is -1.03. The zero-order chi connectivity index (χ0) is 11.7. The standard InChI is InChI=1S/C11H17ClN4/c1-7-4-3-5-16(8(7)2)11-9(12)10(13)14-6-15-11/h6-8H,3-5H2,1-2H3,(H2,13,14,15). The van der Waals surface area contributed by atoms with E-state index < -0.39 is 0 Å². The fourth-order valence-electron chi connectivity index (χ4n) is 2.21. The number of piperidine rings is 1. The van der Waals surface area contributed by atoms with Crippen LogP contribution in [-0.4, -0.2) is 22.6 Å². The van der Waals surface area contributed by atoms with E-state index in [4.69, 9.17) is 17.3 Å². The third-order valence-electron chi connectivity index (χ3n) is 3.44. The Labute approximate surface area is 101 Å². The van der Waals surface area contributed by atoms with Crippen LogP contribution in [0.25, 0.3) is 0 Å². The highest BCUT2D eigenvalue weighted by Gasteiger charge is 2.27. The van der Waals surface area contributed by atoms with Crippen molar-refractivity contribution >= 4 is 23.2 Å². The lowest BCUT2D eigenvalue weighted by atomic mass is 9.92. The molecular formula is C11H17ClN4. The Morgan fingerprint density at radius 2 is 2.19 bits per heavy atom. The molecule has 0 aliphatic carbocycles. The van der Waals surface area contributed by atoms with Crippen LogP contribution in [0.3, 0.4) is 0 Å². The smallest absolute Gasteiger partial charge is 0.153 e. The van der Waals surface area contributed by atoms with Crippen LogP contribution in [0.15, 0.2) is 6.33 Å². The van der Waals surface area contributed by atoms with Crippen LogP contribution < -0.4 is 10.6 Å². The van der Waals surface area contributed by atoms with Gasteiger partial charge in [0.25, 0.3) is 0 Å². The molecule has 1 aromatic rings. The predicted molar refractivity (Wildman–Crippen MR) is 66.7 cm³/mol. The molecule has 0 saturated carbocycles. The predicted octanol–water partition coefficient (Wildman–Crippen LogP) is 2.34. The molecule has 2 N–H and O–H groups in total. The summed E-state index contributed by atoms with van der Waals surface area (Å²) in [4.78, 5) is 10.4. The molecule has 1 fully saturated rings. The van der Waals surface area contributed by atoms with E-state index in [1.807, 2.05) is 0 Å². The molecule has 88 valence electrons. The van der Waals surface area contributed by atoms with Gasteiger partial charge < -0.3 is 10.6 Å². The number of aromatic nitrogens is 2. The summed E-state index contributed by atoms with van der Waals surface area (Å²) in [6, 6.07) is 0.445. The first-order valence-electron chi connectivity index (χ1n) is 5.64. The maximum absolute atomic E-state index is 6.15. The number of rotatable bonds is 1. The number of nitrogens with zero attached hydrogens (tertiary/aromatic N) is 3. The molecule has 1 aliphatic rings. The summed E-state index contributed by atoms with van der Waals surface area (Å²) in [5.41, 5.74) is 5.70. The van der Waals surface area contributed by atoms with Crippen molar-refractivity contribution in [3.63, 3.8) is 0 Å². The maximum atomic E-state index is 6.15. The van der Waals surface area contributed by atoms with Crippen LogP contribution in [0.4, 0.5) is 11.6 Å². The van der Waals surface area contributed by atoms with Crippen molar-refractivity contribution in [2.45, 2.75) is 32.7 Å². The lowest BCUT2D eigenvalue weighted by Gasteiger charge is -2.39. The maximum Gasteiger partial charge on any atom is 0.153 e. The Morgan fingerprint density at radius 1 is 1.44 bits per heavy atom. The highest BCUT2D eigenvalue weighted by atomic mass is 35.5. The fourth-order valence-corrected chi connectivity index (χ4v) is 2.41. The fraction of sp³-hybridized carbons (Fsp3) is 0.636. The quantitative estimate of drug-likeness (QED) is 0.819. The van der Waals surface area contributed by atoms with Gasteiger partial charge in [-0.2, -0.15) is 0 Å². The summed E-state index contributed by atoms with van der Waals surface area (Å²) in [7, 11) is 0. The van der Waals surface area contributed by atoms with Gasteiger partial charge in [-0.15, -0.1) is 0 Å². The van der Waals surface area contributed by atoms with Crippen molar-refractivity contribution in [3.8, 4) is 0 Å². The summed E-state index contributed by atoms with van der Waals surface area (Å²) in [5, 5.41) is 0.475. The van der Waals surface area contributed by atoms with Crippen molar-refractivity contribution in [1.29, 1.82) is 0 Å². The Kier molecular flexibility index (Phi) is 3.19. The van der Waals surface area contributed by atoms with Crippen molar-refractivity contribution in [2.24, 2.45) is 5.92 Å². The van der Waals surface area contributed by atoms with Crippen LogP contribution in [0.1, 0.15) is 26.7 Å². The van der Waals surface area contributed by atoms with Crippen molar-refractivity contribution in [1.82, 2.24) is 9.97 Å². The highest BCUT2D eigenvalue weighted by molar-refractivity contribution is 6.35. The molecule has 1 aliphatic heterocycles. The summed E-state index contributed by atoms with van der Waals surface area (Å²) >= 11 is 6.15. The lowest BCUT2D eigenvalue weighted by molar-refractivity contribution is 0.361. The minimum absolute atomic E-state index is 0.358. The molecule has 2 heterocycles. The molecule has 16 heavy (non-hydrogen) atoms. The van der Waals surface area contributed by atoms with E-state index >= 15 is 0 Å². The third-order valence-corrected chi connectivity index (χ3v) is 3.81. The second kappa shape index (κ2) is 4.45. The van der Waals surface area contributed by atoms with Crippen LogP contribution in [0.2, 0.25) is 5.02 Å². The topological polar surface area (TPSA) is 55.0 Å². The SMILES string of the molecule is CC1CCCN(c2ncnc(N)c2Cl)C1C. The summed E-state index contributed by atoms with van der Waals surface area (Å²) < 4.78 is 0. The summed E-state index contributed by atoms with van der Waals surface area (Å²) in [6.07, 6.45) is 3.91. The third kappa shape index (κ3) is 1.94. The van der Waals surface area contributed by atoms with E-state index in [0.29, 0.717) is 22.8 Å². The second-order valence-electron chi connectivity index (χ2n) is 4.45. The van der Waals surface area contributed by atoms with Gasteiger partial charge in [-0.1, -0.05) is 18.5 Å². The van der Waals surface area contributed by atoms with E-state index in [0.717, 1.165) is 12.4 Å². The molecule has 5 heteroatoms.